The molecular formula is C25H25ClN2O7S. The highest BCUT2D eigenvalue weighted by molar-refractivity contribution is 7.18. The molecule has 0 saturated carbocycles. The van der Waals surface area contributed by atoms with Crippen LogP contribution in [-0.2, 0) is 16.1 Å². The van der Waals surface area contributed by atoms with Gasteiger partial charge < -0.3 is 19.9 Å². The van der Waals surface area contributed by atoms with E-state index in [1.165, 1.54) is 24.3 Å². The topological polar surface area (TPSA) is 128 Å². The molecule has 1 atom stereocenters. The number of nitrogens with one attached hydrogen (secondary N) is 1. The molecule has 2 aromatic carbocycles. The standard InChI is InChI=1S/C25H25ClN2O7S/c1-14(16-7-5-6-8-17(16)26)35-20-12-21(36-22(20)23(29)30)27-18-11-15(9-10-19(18)28(32)33)13-34-24(31)25(2,3)4/h5-12,14,27H,13H2,1-4H3,(H,29,30)/t14-/m1/s1. The normalized spacial score (nSPS) is 12.0. The molecule has 0 fully saturated rings. The Bertz CT molecular complexity index is 1300. The summed E-state index contributed by atoms with van der Waals surface area (Å²) in [4.78, 5) is 34.9. The molecule has 190 valence electrons. The van der Waals surface area contributed by atoms with Gasteiger partial charge in [0.2, 0.25) is 0 Å². The molecule has 36 heavy (non-hydrogen) atoms. The van der Waals surface area contributed by atoms with Crippen LogP contribution in [0.25, 0.3) is 0 Å². The maximum atomic E-state index is 12.1. The van der Waals surface area contributed by atoms with Gasteiger partial charge in [0.05, 0.1) is 15.3 Å². The smallest absolute Gasteiger partial charge is 0.349 e. The van der Waals surface area contributed by atoms with E-state index < -0.39 is 28.4 Å². The number of esters is 1. The molecule has 2 N–H and O–H groups in total. The van der Waals surface area contributed by atoms with Gasteiger partial charge in [0.25, 0.3) is 5.69 Å². The van der Waals surface area contributed by atoms with Crippen LogP contribution in [0.3, 0.4) is 0 Å². The van der Waals surface area contributed by atoms with Gasteiger partial charge in [-0.1, -0.05) is 29.8 Å². The fourth-order valence-corrected chi connectivity index (χ4v) is 4.29. The predicted octanol–water partition coefficient (Wildman–Crippen LogP) is 6.98. The van der Waals surface area contributed by atoms with Gasteiger partial charge in [0.15, 0.2) is 4.88 Å². The first kappa shape index (κ1) is 27.0. The highest BCUT2D eigenvalue weighted by atomic mass is 35.5. The molecule has 0 unspecified atom stereocenters. The SMILES string of the molecule is C[C@@H](Oc1cc(Nc2cc(COC(=O)C(C)(C)C)ccc2[N+](=O)[O-])sc1C(=O)O)c1ccccc1Cl. The Morgan fingerprint density at radius 2 is 1.89 bits per heavy atom. The van der Waals surface area contributed by atoms with Crippen LogP contribution in [0, 0.1) is 15.5 Å². The van der Waals surface area contributed by atoms with Crippen LogP contribution >= 0.6 is 22.9 Å². The monoisotopic (exact) mass is 532 g/mol. The number of anilines is 2. The van der Waals surface area contributed by atoms with Crippen molar-refractivity contribution in [3.63, 3.8) is 0 Å². The Balaban J connectivity index is 1.88. The van der Waals surface area contributed by atoms with Crippen LogP contribution in [0.4, 0.5) is 16.4 Å². The average molecular weight is 533 g/mol. The lowest BCUT2D eigenvalue weighted by molar-refractivity contribution is -0.383. The first-order valence-electron chi connectivity index (χ1n) is 10.9. The van der Waals surface area contributed by atoms with E-state index in [0.717, 1.165) is 11.3 Å². The fourth-order valence-electron chi connectivity index (χ4n) is 3.16. The number of carboxylic acid groups (broad SMARTS) is 1. The number of rotatable bonds is 9. The molecule has 0 aliphatic carbocycles. The molecule has 0 amide bonds. The van der Waals surface area contributed by atoms with E-state index in [1.807, 2.05) is 0 Å². The predicted molar refractivity (Wildman–Crippen MR) is 137 cm³/mol. The number of benzene rings is 2. The average Bonchev–Trinajstić information content (AvgIpc) is 3.19. The number of thiophene rings is 1. The molecule has 1 heterocycles. The van der Waals surface area contributed by atoms with Crippen molar-refractivity contribution in [3.8, 4) is 5.75 Å². The Kier molecular flexibility index (Phi) is 8.21. The molecule has 0 radical (unpaired) electrons. The number of hydrogen-bond donors (Lipinski definition) is 2. The molecule has 0 bridgehead atoms. The molecule has 0 aliphatic heterocycles. The van der Waals surface area contributed by atoms with Gasteiger partial charge in [-0.2, -0.15) is 0 Å². The van der Waals surface area contributed by atoms with Crippen LogP contribution in [-0.4, -0.2) is 22.0 Å². The minimum absolute atomic E-state index is 0.0721. The van der Waals surface area contributed by atoms with E-state index in [2.05, 4.69) is 5.32 Å². The van der Waals surface area contributed by atoms with Crippen LogP contribution in [0.2, 0.25) is 5.02 Å². The number of hydrogen-bond acceptors (Lipinski definition) is 8. The van der Waals surface area contributed by atoms with Crippen molar-refractivity contribution in [2.75, 3.05) is 5.32 Å². The summed E-state index contributed by atoms with van der Waals surface area (Å²) in [6.45, 7) is 6.84. The molecule has 9 nitrogen and oxygen atoms in total. The lowest BCUT2D eigenvalue weighted by Gasteiger charge is -2.16. The van der Waals surface area contributed by atoms with Gasteiger partial charge in [0, 0.05) is 22.7 Å². The quantitative estimate of drug-likeness (QED) is 0.171. The molecule has 3 aromatic rings. The van der Waals surface area contributed by atoms with E-state index in [9.17, 15) is 24.8 Å². The van der Waals surface area contributed by atoms with Gasteiger partial charge in [-0.3, -0.25) is 14.9 Å². The number of nitro benzene ring substituents is 1. The Hall–Kier alpha value is -3.63. The number of ether oxygens (including phenoxy) is 2. The summed E-state index contributed by atoms with van der Waals surface area (Å²) < 4.78 is 11.2. The van der Waals surface area contributed by atoms with E-state index >= 15 is 0 Å². The van der Waals surface area contributed by atoms with Crippen molar-refractivity contribution in [3.05, 3.63) is 79.7 Å². The first-order valence-corrected chi connectivity index (χ1v) is 12.1. The summed E-state index contributed by atoms with van der Waals surface area (Å²) in [7, 11) is 0. The molecule has 11 heteroatoms. The maximum absolute atomic E-state index is 12.1. The Labute approximate surface area is 216 Å². The zero-order chi connectivity index (χ0) is 26.6. The lowest BCUT2D eigenvalue weighted by atomic mass is 9.97. The molecule has 3 rings (SSSR count). The van der Waals surface area contributed by atoms with Crippen LogP contribution < -0.4 is 10.1 Å². The zero-order valence-corrected chi connectivity index (χ0v) is 21.6. The summed E-state index contributed by atoms with van der Waals surface area (Å²) in [6, 6.07) is 12.8. The highest BCUT2D eigenvalue weighted by Gasteiger charge is 2.24. The largest absolute Gasteiger partial charge is 0.484 e. The van der Waals surface area contributed by atoms with Crippen molar-refractivity contribution in [1.29, 1.82) is 0 Å². The first-order chi connectivity index (χ1) is 16.9. The molecule has 0 saturated heterocycles. The van der Waals surface area contributed by atoms with E-state index in [0.29, 0.717) is 21.2 Å². The summed E-state index contributed by atoms with van der Waals surface area (Å²) in [5.74, 6) is -1.51. The summed E-state index contributed by atoms with van der Waals surface area (Å²) >= 11 is 7.11. The Morgan fingerprint density at radius 3 is 2.50 bits per heavy atom. The number of aromatic carboxylic acids is 1. The molecule has 0 spiro atoms. The summed E-state index contributed by atoms with van der Waals surface area (Å²) in [6.07, 6.45) is -0.547. The van der Waals surface area contributed by atoms with Crippen molar-refractivity contribution in [2.45, 2.75) is 40.4 Å². The van der Waals surface area contributed by atoms with Crippen molar-refractivity contribution in [2.24, 2.45) is 5.41 Å². The van der Waals surface area contributed by atoms with Gasteiger partial charge in [-0.15, -0.1) is 11.3 Å². The number of carbonyl (C=O) groups excluding carboxylic acids is 1. The second-order valence-corrected chi connectivity index (χ2v) is 10.4. The van der Waals surface area contributed by atoms with Crippen LogP contribution in [0.1, 0.15) is 54.6 Å². The second-order valence-electron chi connectivity index (χ2n) is 8.95. The fraction of sp³-hybridized carbons (Fsp3) is 0.280. The number of nitrogens with zero attached hydrogens (tertiary/aromatic N) is 1. The number of carboxylic acids is 1. The third-order valence-electron chi connectivity index (χ3n) is 5.04. The van der Waals surface area contributed by atoms with Gasteiger partial charge in [-0.25, -0.2) is 4.79 Å². The third-order valence-corrected chi connectivity index (χ3v) is 6.40. The summed E-state index contributed by atoms with van der Waals surface area (Å²) in [5.41, 5.74) is 0.416. The third kappa shape index (κ3) is 6.52. The number of nitro groups is 1. The molecule has 0 aliphatic rings. The van der Waals surface area contributed by atoms with Crippen molar-refractivity contribution >= 4 is 51.3 Å². The lowest BCUT2D eigenvalue weighted by Crippen LogP contribution is -2.22. The Morgan fingerprint density at radius 1 is 1.19 bits per heavy atom. The number of carbonyl (C=O) groups is 2. The second kappa shape index (κ2) is 11.0. The highest BCUT2D eigenvalue weighted by Crippen LogP contribution is 2.40. The minimum atomic E-state index is -1.20. The zero-order valence-electron chi connectivity index (χ0n) is 20.0. The van der Waals surface area contributed by atoms with E-state index in [-0.39, 0.29) is 28.6 Å². The summed E-state index contributed by atoms with van der Waals surface area (Å²) in [5, 5.41) is 25.0. The van der Waals surface area contributed by atoms with Gasteiger partial charge >= 0.3 is 11.9 Å². The van der Waals surface area contributed by atoms with Gasteiger partial charge in [-0.05, 0) is 51.5 Å². The minimum Gasteiger partial charge on any atom is -0.484 e. The van der Waals surface area contributed by atoms with Crippen molar-refractivity contribution < 1.29 is 29.1 Å². The molecule has 1 aromatic heterocycles. The maximum Gasteiger partial charge on any atom is 0.349 e. The van der Waals surface area contributed by atoms with E-state index in [4.69, 9.17) is 21.1 Å². The van der Waals surface area contributed by atoms with E-state index in [1.54, 1.807) is 52.0 Å². The van der Waals surface area contributed by atoms with Crippen molar-refractivity contribution in [1.82, 2.24) is 0 Å². The molecular weight excluding hydrogens is 508 g/mol. The van der Waals surface area contributed by atoms with Crippen LogP contribution in [0.5, 0.6) is 5.75 Å². The van der Waals surface area contributed by atoms with Gasteiger partial charge in [0.1, 0.15) is 24.1 Å². The number of halogens is 1. The van der Waals surface area contributed by atoms with Crippen LogP contribution in [0.15, 0.2) is 48.5 Å².